The van der Waals surface area contributed by atoms with E-state index >= 15 is 0 Å². The Balaban J connectivity index is 0.000000130. The summed E-state index contributed by atoms with van der Waals surface area (Å²) in [6, 6.07) is 61.7. The van der Waals surface area contributed by atoms with Gasteiger partial charge < -0.3 is 23.2 Å². The fourth-order valence-electron chi connectivity index (χ4n) is 11.5. The number of carbonyl (C=O) groups is 1. The minimum Gasteiger partial charge on any atom is -0.464 e. The molecule has 1 aliphatic heterocycles. The number of furan rings is 1. The molecule has 9 aromatic heterocycles. The molecule has 1 amide bonds. The van der Waals surface area contributed by atoms with Crippen molar-refractivity contribution in [2.45, 2.75) is 158 Å². The number of hydrogen-bond donors (Lipinski definition) is 1. The SMILES string of the molecule is CC(C)C1C(=O)Nc2ccccc21.CC(C)c1cnc2ccccn12.CC(C)c1coc2ccccc12.CC(C)c1csc2ccccc12.CC(C)c1nnc2ccccn12.CC(C)c1noc2ccccc12.CC(C)c1nsc2ccccc12.CC(C)n1cnc2ccccc21. The van der Waals surface area contributed by atoms with Crippen molar-refractivity contribution < 1.29 is 13.7 Å². The van der Waals surface area contributed by atoms with Crippen LogP contribution in [0.5, 0.6) is 0 Å². The van der Waals surface area contributed by atoms with Gasteiger partial charge in [-0.05, 0) is 156 Å². The number of hydrogen-bond acceptors (Lipinski definition) is 11. The van der Waals surface area contributed by atoms with Crippen molar-refractivity contribution in [3.05, 3.63) is 258 Å². The van der Waals surface area contributed by atoms with Crippen LogP contribution in [0.1, 0.15) is 198 Å². The van der Waals surface area contributed by atoms with Crippen LogP contribution in [0.2, 0.25) is 0 Å². The van der Waals surface area contributed by atoms with Gasteiger partial charge in [-0.1, -0.05) is 211 Å². The lowest BCUT2D eigenvalue weighted by atomic mass is 9.90. The number of nitrogens with one attached hydrogen (secondary N) is 1. The molecule has 1 aliphatic rings. The third-order valence-electron chi connectivity index (χ3n) is 16.6. The Kier molecular flexibility index (Phi) is 25.1. The number of imidazole rings is 2. The van der Waals surface area contributed by atoms with Gasteiger partial charge in [-0.2, -0.15) is 4.37 Å². The van der Waals surface area contributed by atoms with E-state index in [0.717, 1.165) is 56.1 Å². The summed E-state index contributed by atoms with van der Waals surface area (Å²) in [7, 11) is 0. The van der Waals surface area contributed by atoms with Crippen LogP contribution in [-0.2, 0) is 4.79 Å². The van der Waals surface area contributed by atoms with Crippen molar-refractivity contribution in [1.29, 1.82) is 0 Å². The lowest BCUT2D eigenvalue weighted by molar-refractivity contribution is -0.117. The largest absolute Gasteiger partial charge is 0.464 e. The molecule has 1 N–H and O–H groups in total. The van der Waals surface area contributed by atoms with E-state index in [-0.39, 0.29) is 11.8 Å². The predicted molar refractivity (Wildman–Crippen MR) is 407 cm³/mol. The van der Waals surface area contributed by atoms with Gasteiger partial charge in [-0.3, -0.25) is 9.20 Å². The first-order valence-corrected chi connectivity index (χ1v) is 35.5. The highest BCUT2D eigenvalue weighted by Crippen LogP contribution is 2.37. The molecule has 13 nitrogen and oxygen atoms in total. The van der Waals surface area contributed by atoms with E-state index < -0.39 is 0 Å². The molecule has 0 radical (unpaired) electrons. The fraction of sp³-hybridized carbons (Fsp3) is 0.305. The number of amides is 1. The van der Waals surface area contributed by atoms with Gasteiger partial charge in [0.15, 0.2) is 11.2 Å². The second-order valence-corrected chi connectivity index (χ2v) is 28.3. The molecule has 15 heteroatoms. The van der Waals surface area contributed by atoms with E-state index in [1.807, 2.05) is 162 Å². The number of carbonyl (C=O) groups excluding carboxylic acids is 1. The Bertz CT molecular complexity index is 4150. The van der Waals surface area contributed by atoms with Crippen LogP contribution in [0.25, 0.3) is 64.4 Å². The number of fused-ring (bicyclic) bond motifs is 8. The van der Waals surface area contributed by atoms with Crippen LogP contribution in [-0.4, -0.2) is 49.0 Å². The second kappa shape index (κ2) is 33.9. The monoisotopic (exact) mass is 1330 g/mol. The van der Waals surface area contributed by atoms with Crippen LogP contribution in [0, 0.1) is 5.92 Å². The van der Waals surface area contributed by atoms with Gasteiger partial charge in [0, 0.05) is 68.4 Å². The van der Waals surface area contributed by atoms with Crippen LogP contribution in [0.15, 0.2) is 227 Å². The molecule has 1 unspecified atom stereocenters. The molecule has 0 spiro atoms. The first kappa shape index (κ1) is 71.7. The molecule has 502 valence electrons. The molecule has 0 fully saturated rings. The predicted octanol–water partition coefficient (Wildman–Crippen LogP) is 23.3. The van der Waals surface area contributed by atoms with E-state index in [1.54, 1.807) is 11.5 Å². The summed E-state index contributed by atoms with van der Waals surface area (Å²) in [5.41, 5.74) is 14.5. The summed E-state index contributed by atoms with van der Waals surface area (Å²) in [6.45, 7) is 34.5. The number of aromatic nitrogens is 9. The number of thiophene rings is 1. The van der Waals surface area contributed by atoms with Gasteiger partial charge >= 0.3 is 0 Å². The van der Waals surface area contributed by atoms with Crippen LogP contribution in [0.3, 0.4) is 0 Å². The highest BCUT2D eigenvalue weighted by molar-refractivity contribution is 7.17. The van der Waals surface area contributed by atoms with E-state index in [9.17, 15) is 4.79 Å². The van der Waals surface area contributed by atoms with E-state index in [2.05, 4.69) is 227 Å². The molecular weight excluding hydrogens is 1240 g/mol. The number of nitrogens with zero attached hydrogens (tertiary/aromatic N) is 9. The first-order valence-electron chi connectivity index (χ1n) is 33.9. The average Bonchev–Trinajstić information content (AvgIpc) is 1.69. The van der Waals surface area contributed by atoms with Gasteiger partial charge in [-0.15, -0.1) is 21.5 Å². The maximum absolute atomic E-state index is 11.6. The summed E-state index contributed by atoms with van der Waals surface area (Å²) < 4.78 is 24.0. The Morgan fingerprint density at radius 3 is 1.75 bits per heavy atom. The van der Waals surface area contributed by atoms with Crippen LogP contribution < -0.4 is 5.32 Å². The van der Waals surface area contributed by atoms with E-state index in [1.165, 1.54) is 53.6 Å². The Hall–Kier alpha value is -9.57. The number of benzene rings is 6. The molecule has 16 rings (SSSR count). The number of pyridine rings is 2. The Morgan fingerprint density at radius 2 is 1.08 bits per heavy atom. The highest BCUT2D eigenvalue weighted by Gasteiger charge is 2.32. The van der Waals surface area contributed by atoms with Gasteiger partial charge in [-0.25, -0.2) is 9.97 Å². The van der Waals surface area contributed by atoms with Crippen molar-refractivity contribution in [2.24, 2.45) is 5.92 Å². The van der Waals surface area contributed by atoms with Gasteiger partial charge in [0.25, 0.3) is 0 Å². The molecule has 97 heavy (non-hydrogen) atoms. The molecule has 1 atom stereocenters. The van der Waals surface area contributed by atoms with Crippen molar-refractivity contribution >= 4 is 98.9 Å². The number of rotatable bonds is 8. The van der Waals surface area contributed by atoms with Gasteiger partial charge in [0.05, 0.1) is 45.6 Å². The maximum atomic E-state index is 11.6. The summed E-state index contributed by atoms with van der Waals surface area (Å²) >= 11 is 3.43. The second-order valence-electron chi connectivity index (χ2n) is 26.6. The number of para-hydroxylation sites is 5. The van der Waals surface area contributed by atoms with Crippen LogP contribution >= 0.6 is 22.9 Å². The third kappa shape index (κ3) is 17.9. The summed E-state index contributed by atoms with van der Waals surface area (Å²) in [6.07, 6.45) is 9.74. The minimum atomic E-state index is 0.0381. The standard InChI is InChI=1S/C11H13NO.C11H12O.C11H12S.2C10H12N2.C10H11NO.C10H11NS.C9H11N3/c1-7(2)10-8-5-3-4-6-9(8)12-11(10)13;2*1-8(2)10-7-12-11-6-4-3-5-9(10)11;1-8(2)9-7-11-10-5-3-4-6-12(9)10;1-8(2)12-7-11-9-5-3-4-6-10(9)12;2*1-7(2)10-8-5-3-4-6-9(8)12-11-10;1-7(2)9-11-10-8-5-3-4-6-12(8)9/h3-7,10H,1-2H3,(H,12,13);4*3-8H,1-2H3;3*3-7H,1-2H3. The molecule has 0 saturated carbocycles. The highest BCUT2D eigenvalue weighted by atomic mass is 32.1. The van der Waals surface area contributed by atoms with Crippen LogP contribution in [0.4, 0.5) is 5.69 Å². The molecule has 0 saturated heterocycles. The lowest BCUT2D eigenvalue weighted by Crippen LogP contribution is -2.16. The zero-order valence-electron chi connectivity index (χ0n) is 59.0. The van der Waals surface area contributed by atoms with E-state index in [4.69, 9.17) is 8.94 Å². The smallest absolute Gasteiger partial charge is 0.232 e. The van der Waals surface area contributed by atoms with Gasteiger partial charge in [0.1, 0.15) is 17.1 Å². The molecule has 6 aromatic carbocycles. The maximum Gasteiger partial charge on any atom is 0.232 e. The average molecular weight is 1330 g/mol. The fourth-order valence-corrected chi connectivity index (χ4v) is 13.5. The topological polar surface area (TPSA) is 146 Å². The normalized spacial score (nSPS) is 12.5. The minimum absolute atomic E-state index is 0.0381. The summed E-state index contributed by atoms with van der Waals surface area (Å²) in [5, 5.41) is 22.5. The molecule has 0 aliphatic carbocycles. The summed E-state index contributed by atoms with van der Waals surface area (Å²) in [5.74, 6) is 4.64. The zero-order chi connectivity index (χ0) is 69.3. The molecule has 15 aromatic rings. The lowest BCUT2D eigenvalue weighted by Gasteiger charge is -2.11. The van der Waals surface area contributed by atoms with Gasteiger partial charge in [0.2, 0.25) is 5.91 Å². The molecular formula is C82H94N10O3S2. The van der Waals surface area contributed by atoms with Crippen molar-refractivity contribution in [3.63, 3.8) is 0 Å². The summed E-state index contributed by atoms with van der Waals surface area (Å²) in [4.78, 5) is 20.2. The van der Waals surface area contributed by atoms with E-state index in [0.29, 0.717) is 47.5 Å². The Morgan fingerprint density at radius 1 is 0.495 bits per heavy atom. The Labute approximate surface area is 579 Å². The van der Waals surface area contributed by atoms with Crippen molar-refractivity contribution in [3.8, 4) is 0 Å². The number of anilines is 1. The molecule has 0 bridgehead atoms. The first-order chi connectivity index (χ1) is 46.7. The van der Waals surface area contributed by atoms with Crippen molar-refractivity contribution in [1.82, 2.24) is 43.1 Å². The molecule has 10 heterocycles. The zero-order valence-corrected chi connectivity index (χ0v) is 60.7. The quantitative estimate of drug-likeness (QED) is 0.157. The van der Waals surface area contributed by atoms with Crippen molar-refractivity contribution in [2.75, 3.05) is 5.32 Å². The third-order valence-corrected chi connectivity index (χ3v) is 18.4.